The number of aromatic nitrogens is 2. The van der Waals surface area contributed by atoms with Gasteiger partial charge in [-0.15, -0.1) is 0 Å². The van der Waals surface area contributed by atoms with Gasteiger partial charge in [-0.1, -0.05) is 45.0 Å². The molecule has 0 N–H and O–H groups in total. The second kappa shape index (κ2) is 12.5. The standard InChI is InChI=1S/C23H28ClF2N3O.C2H6/c1-7-15(2)20(29(6)13-17(4)23(5,25)26)19-10-8-18(9-11-19)14-30-21-16(3)12-27-22(24)28-21;1-2/h8-13H,7,14H2,1-6H3;1-2H3/b17-13+,20-15?;. The van der Waals surface area contributed by atoms with E-state index >= 15 is 0 Å². The van der Waals surface area contributed by atoms with Crippen LogP contribution in [0.1, 0.15) is 64.7 Å². The molecule has 0 radical (unpaired) electrons. The normalized spacial score (nSPS) is 12.5. The van der Waals surface area contributed by atoms with E-state index in [0.29, 0.717) is 12.5 Å². The average molecular weight is 466 g/mol. The zero-order valence-corrected chi connectivity index (χ0v) is 21.0. The summed E-state index contributed by atoms with van der Waals surface area (Å²) in [6.45, 7) is 12.6. The number of benzene rings is 1. The van der Waals surface area contributed by atoms with Crippen molar-refractivity contribution in [3.63, 3.8) is 0 Å². The van der Waals surface area contributed by atoms with Gasteiger partial charge in [0.25, 0.3) is 5.92 Å². The lowest BCUT2D eigenvalue weighted by atomic mass is 10.0. The molecule has 0 spiro atoms. The smallest absolute Gasteiger partial charge is 0.268 e. The summed E-state index contributed by atoms with van der Waals surface area (Å²) in [7, 11) is 1.79. The molecule has 0 bridgehead atoms. The minimum atomic E-state index is -2.86. The van der Waals surface area contributed by atoms with Crippen LogP contribution in [0.4, 0.5) is 8.78 Å². The maximum Gasteiger partial charge on any atom is 0.268 e. The van der Waals surface area contributed by atoms with E-state index in [2.05, 4.69) is 9.97 Å². The molecule has 4 nitrogen and oxygen atoms in total. The molecule has 0 aliphatic rings. The van der Waals surface area contributed by atoms with E-state index in [1.165, 1.54) is 13.1 Å². The largest absolute Gasteiger partial charge is 0.472 e. The van der Waals surface area contributed by atoms with Crippen molar-refractivity contribution in [1.29, 1.82) is 0 Å². The third-order valence-electron chi connectivity index (χ3n) is 4.87. The van der Waals surface area contributed by atoms with Gasteiger partial charge in [-0.05, 0) is 55.5 Å². The molecule has 0 aliphatic carbocycles. The molecule has 0 unspecified atom stereocenters. The van der Waals surface area contributed by atoms with Crippen molar-refractivity contribution in [2.24, 2.45) is 0 Å². The van der Waals surface area contributed by atoms with Crippen LogP contribution in [0, 0.1) is 6.92 Å². The molecule has 0 saturated carbocycles. The highest BCUT2D eigenvalue weighted by Crippen LogP contribution is 2.28. The van der Waals surface area contributed by atoms with Crippen molar-refractivity contribution in [1.82, 2.24) is 14.9 Å². The fraction of sp³-hybridized carbons (Fsp3) is 0.440. The van der Waals surface area contributed by atoms with Gasteiger partial charge in [-0.25, -0.2) is 13.8 Å². The van der Waals surface area contributed by atoms with E-state index < -0.39 is 5.92 Å². The van der Waals surface area contributed by atoms with E-state index in [0.717, 1.165) is 41.3 Å². The second-order valence-corrected chi connectivity index (χ2v) is 7.74. The molecule has 0 amide bonds. The lowest BCUT2D eigenvalue weighted by molar-refractivity contribution is 0.0622. The summed E-state index contributed by atoms with van der Waals surface area (Å²) < 4.78 is 33.0. The van der Waals surface area contributed by atoms with Crippen LogP contribution in [-0.4, -0.2) is 27.8 Å². The van der Waals surface area contributed by atoms with Gasteiger partial charge in [0.15, 0.2) is 0 Å². The zero-order valence-electron chi connectivity index (χ0n) is 20.3. The van der Waals surface area contributed by atoms with E-state index in [-0.39, 0.29) is 10.9 Å². The molecule has 1 aromatic carbocycles. The third-order valence-corrected chi connectivity index (χ3v) is 5.05. The van der Waals surface area contributed by atoms with E-state index in [9.17, 15) is 8.78 Å². The highest BCUT2D eigenvalue weighted by atomic mass is 35.5. The molecule has 2 rings (SSSR count). The topological polar surface area (TPSA) is 38.3 Å². The van der Waals surface area contributed by atoms with Crippen LogP contribution in [0.25, 0.3) is 5.70 Å². The minimum Gasteiger partial charge on any atom is -0.472 e. The molecular formula is C25H34ClF2N3O. The Bertz CT molecular complexity index is 935. The number of allylic oxidation sites excluding steroid dienone is 2. The molecular weight excluding hydrogens is 432 g/mol. The maximum atomic E-state index is 13.6. The predicted octanol–water partition coefficient (Wildman–Crippen LogP) is 7.68. The van der Waals surface area contributed by atoms with Crippen molar-refractivity contribution < 1.29 is 13.5 Å². The highest BCUT2D eigenvalue weighted by Gasteiger charge is 2.24. The van der Waals surface area contributed by atoms with Crippen LogP contribution < -0.4 is 4.74 Å². The molecule has 0 fully saturated rings. The van der Waals surface area contributed by atoms with E-state index in [4.69, 9.17) is 16.3 Å². The monoisotopic (exact) mass is 465 g/mol. The quantitative estimate of drug-likeness (QED) is 0.375. The first-order valence-corrected chi connectivity index (χ1v) is 11.1. The molecule has 7 heteroatoms. The Labute approximate surface area is 196 Å². The van der Waals surface area contributed by atoms with Crippen molar-refractivity contribution >= 4 is 17.3 Å². The first-order valence-electron chi connectivity index (χ1n) is 10.7. The van der Waals surface area contributed by atoms with Gasteiger partial charge < -0.3 is 9.64 Å². The molecule has 32 heavy (non-hydrogen) atoms. The summed E-state index contributed by atoms with van der Waals surface area (Å²) in [6, 6.07) is 7.85. The average Bonchev–Trinajstić information content (AvgIpc) is 2.76. The Hall–Kier alpha value is -2.47. The summed E-state index contributed by atoms with van der Waals surface area (Å²) in [5.41, 5.74) is 4.73. The van der Waals surface area contributed by atoms with E-state index in [1.807, 2.05) is 58.9 Å². The predicted molar refractivity (Wildman–Crippen MR) is 129 cm³/mol. The Morgan fingerprint density at radius 2 is 1.78 bits per heavy atom. The van der Waals surface area contributed by atoms with Crippen molar-refractivity contribution in [2.45, 2.75) is 67.4 Å². The summed E-state index contributed by atoms with van der Waals surface area (Å²) in [5.74, 6) is -2.41. The second-order valence-electron chi connectivity index (χ2n) is 7.41. The number of aryl methyl sites for hydroxylation is 1. The number of hydrogen-bond donors (Lipinski definition) is 0. The van der Waals surface area contributed by atoms with Crippen LogP contribution in [0.2, 0.25) is 5.28 Å². The number of nitrogens with zero attached hydrogens (tertiary/aromatic N) is 3. The van der Waals surface area contributed by atoms with Gasteiger partial charge in [-0.3, -0.25) is 0 Å². The Kier molecular flexibility index (Phi) is 10.8. The van der Waals surface area contributed by atoms with Crippen molar-refractivity contribution in [3.8, 4) is 5.88 Å². The highest BCUT2D eigenvalue weighted by molar-refractivity contribution is 6.28. The third kappa shape index (κ3) is 7.90. The fourth-order valence-corrected chi connectivity index (χ4v) is 2.98. The van der Waals surface area contributed by atoms with Crippen LogP contribution in [0.15, 0.2) is 47.8 Å². The fourth-order valence-electron chi connectivity index (χ4n) is 2.85. The first-order chi connectivity index (χ1) is 15.0. The number of halogens is 3. The van der Waals surface area contributed by atoms with Gasteiger partial charge >= 0.3 is 0 Å². The number of hydrogen-bond acceptors (Lipinski definition) is 4. The number of alkyl halides is 2. The van der Waals surface area contributed by atoms with Gasteiger partial charge in [0, 0.05) is 43.2 Å². The maximum absolute atomic E-state index is 13.6. The zero-order chi connectivity index (χ0) is 24.5. The van der Waals surface area contributed by atoms with Gasteiger partial charge in [0.1, 0.15) is 6.61 Å². The molecule has 0 aliphatic heterocycles. The number of ether oxygens (including phenoxy) is 1. The van der Waals surface area contributed by atoms with Gasteiger partial charge in [0.2, 0.25) is 11.2 Å². The van der Waals surface area contributed by atoms with Crippen LogP contribution in [0.5, 0.6) is 5.88 Å². The van der Waals surface area contributed by atoms with Crippen LogP contribution in [-0.2, 0) is 6.61 Å². The summed E-state index contributed by atoms with van der Waals surface area (Å²) in [5, 5.41) is 0.139. The van der Waals surface area contributed by atoms with Crippen molar-refractivity contribution in [3.05, 3.63) is 69.8 Å². The van der Waals surface area contributed by atoms with Crippen LogP contribution in [0.3, 0.4) is 0 Å². The first kappa shape index (κ1) is 27.6. The molecule has 1 aromatic heterocycles. The Balaban J connectivity index is 0.00000249. The SMILES string of the molecule is CC.CCC(C)=C(c1ccc(COc2nc(Cl)ncc2C)cc1)N(C)/C=C(\C)C(C)(F)F. The summed E-state index contributed by atoms with van der Waals surface area (Å²) >= 11 is 5.83. The molecule has 0 saturated heterocycles. The van der Waals surface area contributed by atoms with Gasteiger partial charge in [0.05, 0.1) is 0 Å². The van der Waals surface area contributed by atoms with Crippen LogP contribution >= 0.6 is 11.6 Å². The Morgan fingerprint density at radius 1 is 1.19 bits per heavy atom. The lowest BCUT2D eigenvalue weighted by Crippen LogP contribution is -2.18. The number of rotatable bonds is 8. The van der Waals surface area contributed by atoms with E-state index in [1.54, 1.807) is 18.1 Å². The molecule has 2 aromatic rings. The summed E-state index contributed by atoms with van der Waals surface area (Å²) in [6.07, 6.45) is 3.92. The minimum absolute atomic E-state index is 0.00954. The molecule has 1 heterocycles. The molecule has 176 valence electrons. The van der Waals surface area contributed by atoms with Gasteiger partial charge in [-0.2, -0.15) is 4.98 Å². The molecule has 0 atom stereocenters. The summed E-state index contributed by atoms with van der Waals surface area (Å²) in [4.78, 5) is 9.77. The Morgan fingerprint density at radius 3 is 2.31 bits per heavy atom. The lowest BCUT2D eigenvalue weighted by Gasteiger charge is -2.24. The van der Waals surface area contributed by atoms with Crippen molar-refractivity contribution in [2.75, 3.05) is 7.05 Å².